The van der Waals surface area contributed by atoms with Crippen LogP contribution in [0.4, 0.5) is 5.69 Å². The highest BCUT2D eigenvalue weighted by molar-refractivity contribution is 9.10. The standard InChI is InChI=1S/C20H21BrN2O3S/c1-4-25-17-10-9-14(11-15(17)21)19(24)23-20(27)22-16-7-5-6-8-18(16)26-12-13(2)3/h5-11H,2,4,12H2,1,3H3,(H2,22,23,24,27). The van der Waals surface area contributed by atoms with Crippen molar-refractivity contribution in [3.05, 3.63) is 64.7 Å². The van der Waals surface area contributed by atoms with E-state index in [1.54, 1.807) is 18.2 Å². The Morgan fingerprint density at radius 3 is 2.59 bits per heavy atom. The maximum atomic E-state index is 12.4. The van der Waals surface area contributed by atoms with Crippen molar-refractivity contribution in [1.29, 1.82) is 0 Å². The number of thiocarbonyl (C=S) groups is 1. The average Bonchev–Trinajstić information content (AvgIpc) is 2.62. The van der Waals surface area contributed by atoms with E-state index in [2.05, 4.69) is 33.1 Å². The molecule has 0 fully saturated rings. The van der Waals surface area contributed by atoms with Gasteiger partial charge in [-0.1, -0.05) is 18.7 Å². The first-order valence-corrected chi connectivity index (χ1v) is 9.51. The number of halogens is 1. The Labute approximate surface area is 172 Å². The minimum atomic E-state index is -0.323. The van der Waals surface area contributed by atoms with Crippen LogP contribution in [0.5, 0.6) is 11.5 Å². The van der Waals surface area contributed by atoms with E-state index in [0.717, 1.165) is 5.57 Å². The van der Waals surface area contributed by atoms with Crippen LogP contribution in [0.2, 0.25) is 0 Å². The van der Waals surface area contributed by atoms with Crippen molar-refractivity contribution in [3.8, 4) is 11.5 Å². The number of rotatable bonds is 7. The smallest absolute Gasteiger partial charge is 0.257 e. The van der Waals surface area contributed by atoms with E-state index < -0.39 is 0 Å². The molecule has 0 spiro atoms. The van der Waals surface area contributed by atoms with Crippen LogP contribution in [0.25, 0.3) is 0 Å². The van der Waals surface area contributed by atoms with Gasteiger partial charge in [0.15, 0.2) is 5.11 Å². The lowest BCUT2D eigenvalue weighted by atomic mass is 10.2. The molecule has 2 N–H and O–H groups in total. The van der Waals surface area contributed by atoms with Crippen LogP contribution in [-0.4, -0.2) is 24.2 Å². The lowest BCUT2D eigenvalue weighted by Crippen LogP contribution is -2.34. The van der Waals surface area contributed by atoms with E-state index in [9.17, 15) is 4.79 Å². The first-order valence-electron chi connectivity index (χ1n) is 8.31. The molecule has 1 amide bonds. The molecule has 0 aliphatic rings. The molecule has 0 atom stereocenters. The molecule has 0 saturated carbocycles. The fraction of sp³-hybridized carbons (Fsp3) is 0.200. The van der Waals surface area contributed by atoms with Gasteiger partial charge in [-0.15, -0.1) is 0 Å². The molecule has 2 aromatic rings. The van der Waals surface area contributed by atoms with Crippen LogP contribution in [0.1, 0.15) is 24.2 Å². The Hall–Kier alpha value is -2.38. The second kappa shape index (κ2) is 10.1. The van der Waals surface area contributed by atoms with Gasteiger partial charge in [0.1, 0.15) is 18.1 Å². The summed E-state index contributed by atoms with van der Waals surface area (Å²) in [5.74, 6) is 0.982. The van der Waals surface area contributed by atoms with Gasteiger partial charge in [0.05, 0.1) is 16.8 Å². The largest absolute Gasteiger partial charge is 0.493 e. The molecule has 5 nitrogen and oxygen atoms in total. The summed E-state index contributed by atoms with van der Waals surface area (Å²) >= 11 is 8.65. The quantitative estimate of drug-likeness (QED) is 0.464. The number of carbonyl (C=O) groups excluding carboxylic acids is 1. The van der Waals surface area contributed by atoms with Crippen molar-refractivity contribution in [2.45, 2.75) is 13.8 Å². The van der Waals surface area contributed by atoms with Gasteiger partial charge in [-0.05, 0) is 77.9 Å². The van der Waals surface area contributed by atoms with Gasteiger partial charge < -0.3 is 14.8 Å². The highest BCUT2D eigenvalue weighted by Crippen LogP contribution is 2.26. The number of anilines is 1. The minimum Gasteiger partial charge on any atom is -0.493 e. The third-order valence-electron chi connectivity index (χ3n) is 3.33. The summed E-state index contributed by atoms with van der Waals surface area (Å²) in [5.41, 5.74) is 2.03. The maximum Gasteiger partial charge on any atom is 0.257 e. The second-order valence-electron chi connectivity index (χ2n) is 5.73. The number of carbonyl (C=O) groups is 1. The Bertz CT molecular complexity index is 855. The Balaban J connectivity index is 2.02. The third kappa shape index (κ3) is 6.37. The van der Waals surface area contributed by atoms with Crippen LogP contribution < -0.4 is 20.1 Å². The lowest BCUT2D eigenvalue weighted by Gasteiger charge is -2.14. The van der Waals surface area contributed by atoms with Gasteiger partial charge >= 0.3 is 0 Å². The van der Waals surface area contributed by atoms with Crippen molar-refractivity contribution in [1.82, 2.24) is 5.32 Å². The van der Waals surface area contributed by atoms with Gasteiger partial charge in [0.2, 0.25) is 0 Å². The zero-order valence-corrected chi connectivity index (χ0v) is 17.6. The number of nitrogens with one attached hydrogen (secondary N) is 2. The van der Waals surface area contributed by atoms with Gasteiger partial charge in [0.25, 0.3) is 5.91 Å². The van der Waals surface area contributed by atoms with Crippen molar-refractivity contribution in [3.63, 3.8) is 0 Å². The predicted octanol–water partition coefficient (Wildman–Crippen LogP) is 4.93. The number of hydrogen-bond donors (Lipinski definition) is 2. The Morgan fingerprint density at radius 2 is 1.93 bits per heavy atom. The van der Waals surface area contributed by atoms with Crippen molar-refractivity contribution >= 4 is 44.9 Å². The van der Waals surface area contributed by atoms with E-state index in [4.69, 9.17) is 21.7 Å². The molecule has 0 aliphatic carbocycles. The molecule has 142 valence electrons. The maximum absolute atomic E-state index is 12.4. The van der Waals surface area contributed by atoms with Gasteiger partial charge in [-0.25, -0.2) is 0 Å². The minimum absolute atomic E-state index is 0.177. The fourth-order valence-electron chi connectivity index (χ4n) is 2.14. The monoisotopic (exact) mass is 448 g/mol. The third-order valence-corrected chi connectivity index (χ3v) is 4.15. The average molecular weight is 449 g/mol. The lowest BCUT2D eigenvalue weighted by molar-refractivity contribution is 0.0977. The van der Waals surface area contributed by atoms with E-state index in [1.807, 2.05) is 38.1 Å². The van der Waals surface area contributed by atoms with Crippen LogP contribution in [0.15, 0.2) is 59.1 Å². The van der Waals surface area contributed by atoms with E-state index in [-0.39, 0.29) is 11.0 Å². The summed E-state index contributed by atoms with van der Waals surface area (Å²) < 4.78 is 11.8. The highest BCUT2D eigenvalue weighted by Gasteiger charge is 2.12. The first kappa shape index (κ1) is 20.9. The van der Waals surface area contributed by atoms with Crippen molar-refractivity contribution in [2.24, 2.45) is 0 Å². The predicted molar refractivity (Wildman–Crippen MR) is 116 cm³/mol. The molecule has 0 aromatic heterocycles. The molecule has 0 saturated heterocycles. The Morgan fingerprint density at radius 1 is 1.19 bits per heavy atom. The number of para-hydroxylation sites is 2. The Kier molecular flexibility index (Phi) is 7.82. The van der Waals surface area contributed by atoms with Crippen molar-refractivity contribution < 1.29 is 14.3 Å². The molecule has 0 heterocycles. The number of ether oxygens (including phenoxy) is 2. The summed E-state index contributed by atoms with van der Waals surface area (Å²) in [6.45, 7) is 8.55. The molecular formula is C20H21BrN2O3S. The highest BCUT2D eigenvalue weighted by atomic mass is 79.9. The van der Waals surface area contributed by atoms with Gasteiger partial charge in [-0.2, -0.15) is 0 Å². The second-order valence-corrected chi connectivity index (χ2v) is 6.99. The summed E-state index contributed by atoms with van der Waals surface area (Å²) in [7, 11) is 0. The molecule has 7 heteroatoms. The molecular weight excluding hydrogens is 428 g/mol. The number of hydrogen-bond acceptors (Lipinski definition) is 4. The van der Waals surface area contributed by atoms with E-state index in [0.29, 0.717) is 40.4 Å². The van der Waals surface area contributed by atoms with Crippen LogP contribution >= 0.6 is 28.1 Å². The summed E-state index contributed by atoms with van der Waals surface area (Å²) in [6, 6.07) is 12.4. The zero-order valence-electron chi connectivity index (χ0n) is 15.2. The zero-order chi connectivity index (χ0) is 19.8. The molecule has 0 unspecified atom stereocenters. The number of amides is 1. The van der Waals surface area contributed by atoms with Crippen LogP contribution in [0, 0.1) is 0 Å². The molecule has 0 aliphatic heterocycles. The fourth-order valence-corrected chi connectivity index (χ4v) is 2.84. The topological polar surface area (TPSA) is 59.6 Å². The molecule has 0 bridgehead atoms. The summed E-state index contributed by atoms with van der Waals surface area (Å²) in [5, 5.41) is 5.83. The van der Waals surface area contributed by atoms with Crippen LogP contribution in [-0.2, 0) is 0 Å². The van der Waals surface area contributed by atoms with Gasteiger partial charge in [-0.3, -0.25) is 10.1 Å². The molecule has 2 aromatic carbocycles. The first-order chi connectivity index (χ1) is 12.9. The summed E-state index contributed by atoms with van der Waals surface area (Å²) in [6.07, 6.45) is 0. The van der Waals surface area contributed by atoms with E-state index >= 15 is 0 Å². The number of benzene rings is 2. The normalized spacial score (nSPS) is 10.0. The summed E-state index contributed by atoms with van der Waals surface area (Å²) in [4.78, 5) is 12.4. The molecule has 0 radical (unpaired) electrons. The van der Waals surface area contributed by atoms with Crippen LogP contribution in [0.3, 0.4) is 0 Å². The van der Waals surface area contributed by atoms with Crippen molar-refractivity contribution in [2.75, 3.05) is 18.5 Å². The molecule has 2 rings (SSSR count). The van der Waals surface area contributed by atoms with E-state index in [1.165, 1.54) is 0 Å². The van der Waals surface area contributed by atoms with Gasteiger partial charge in [0, 0.05) is 5.56 Å². The SMILES string of the molecule is C=C(C)COc1ccccc1NC(=S)NC(=O)c1ccc(OCC)c(Br)c1. The molecule has 27 heavy (non-hydrogen) atoms.